The van der Waals surface area contributed by atoms with Crippen LogP contribution in [0.5, 0.6) is 0 Å². The van der Waals surface area contributed by atoms with Crippen LogP contribution in [0.2, 0.25) is 0 Å². The van der Waals surface area contributed by atoms with Gasteiger partial charge in [-0.1, -0.05) is 19.8 Å². The molecule has 10 heavy (non-hydrogen) atoms. The molecule has 0 spiro atoms. The predicted molar refractivity (Wildman–Crippen MR) is 37.7 cm³/mol. The first-order chi connectivity index (χ1) is 4.30. The first-order valence-corrected chi connectivity index (χ1v) is 3.55. The van der Waals surface area contributed by atoms with Crippen molar-refractivity contribution in [3.63, 3.8) is 0 Å². The van der Waals surface area contributed by atoms with E-state index >= 15 is 0 Å². The third kappa shape index (κ3) is 3.12. The predicted octanol–water partition coefficient (Wildman–Crippen LogP) is 1.41. The fourth-order valence-corrected chi connectivity index (χ4v) is 0.943. The van der Waals surface area contributed by atoms with Gasteiger partial charge in [-0.05, 0) is 0 Å². The summed E-state index contributed by atoms with van der Waals surface area (Å²) >= 11 is 0. The van der Waals surface area contributed by atoms with Crippen LogP contribution in [0.1, 0.15) is 13.8 Å². The van der Waals surface area contributed by atoms with Crippen molar-refractivity contribution in [1.29, 1.82) is 0 Å². The number of morpholine rings is 1. The van der Waals surface area contributed by atoms with E-state index in [1.807, 2.05) is 0 Å². The summed E-state index contributed by atoms with van der Waals surface area (Å²) in [7, 11) is 0. The molecule has 1 unspecified atom stereocenters. The van der Waals surface area contributed by atoms with E-state index in [-0.39, 0.29) is 20.4 Å². The van der Waals surface area contributed by atoms with Crippen LogP contribution in [0.3, 0.4) is 0 Å². The van der Waals surface area contributed by atoms with E-state index in [0.717, 1.165) is 19.8 Å². The summed E-state index contributed by atoms with van der Waals surface area (Å²) in [6, 6.07) is 0.457. The Bertz CT molecular complexity index is 81.7. The van der Waals surface area contributed by atoms with Crippen LogP contribution >= 0.6 is 0 Å². The number of ether oxygens (including phenoxy) is 1. The molecule has 0 N–H and O–H groups in total. The zero-order valence-corrected chi connectivity index (χ0v) is 9.23. The first kappa shape index (κ1) is 10.6. The van der Waals surface area contributed by atoms with Gasteiger partial charge in [0.05, 0.1) is 0 Å². The minimum Gasteiger partial charge on any atom is -0.656 e. The fourth-order valence-electron chi connectivity index (χ4n) is 0.943. The zero-order chi connectivity index (χ0) is 6.69. The van der Waals surface area contributed by atoms with Crippen LogP contribution < -0.4 is 0 Å². The van der Waals surface area contributed by atoms with E-state index in [1.54, 1.807) is 0 Å². The van der Waals surface area contributed by atoms with Crippen molar-refractivity contribution in [1.82, 2.24) is 0 Å². The van der Waals surface area contributed by atoms with Crippen LogP contribution in [0.4, 0.5) is 0 Å². The average Bonchev–Trinajstić information content (AvgIpc) is 1.90. The summed E-state index contributed by atoms with van der Waals surface area (Å²) in [6.07, 6.45) is 0. The molecule has 61 valence electrons. The van der Waals surface area contributed by atoms with E-state index in [1.165, 1.54) is 0 Å². The van der Waals surface area contributed by atoms with Gasteiger partial charge in [-0.15, -0.1) is 12.6 Å². The molecule has 0 amide bonds. The van der Waals surface area contributed by atoms with Crippen molar-refractivity contribution in [3.8, 4) is 0 Å². The van der Waals surface area contributed by atoms with E-state index in [2.05, 4.69) is 19.2 Å². The molecule has 0 aromatic heterocycles. The summed E-state index contributed by atoms with van der Waals surface area (Å²) in [5.41, 5.74) is 0. The zero-order valence-electron chi connectivity index (χ0n) is 6.51. The Kier molecular flexibility index (Phi) is 5.57. The van der Waals surface area contributed by atoms with Crippen molar-refractivity contribution in [3.05, 3.63) is 5.32 Å². The van der Waals surface area contributed by atoms with Gasteiger partial charge in [0.1, 0.15) is 0 Å². The van der Waals surface area contributed by atoms with Crippen LogP contribution in [-0.2, 0) is 25.2 Å². The van der Waals surface area contributed by atoms with Gasteiger partial charge in [0.2, 0.25) is 0 Å². The van der Waals surface area contributed by atoms with Crippen molar-refractivity contribution < 1.29 is 25.2 Å². The molecule has 0 aliphatic carbocycles. The largest absolute Gasteiger partial charge is 0.656 e. The molecule has 3 heteroatoms. The van der Waals surface area contributed by atoms with Crippen molar-refractivity contribution in [2.75, 3.05) is 19.8 Å². The van der Waals surface area contributed by atoms with Crippen LogP contribution in [-0.4, -0.2) is 25.8 Å². The normalized spacial score (nSPS) is 26.1. The van der Waals surface area contributed by atoms with Gasteiger partial charge in [-0.3, -0.25) is 0 Å². The maximum absolute atomic E-state index is 5.25. The minimum atomic E-state index is 0. The van der Waals surface area contributed by atoms with Crippen molar-refractivity contribution >= 4 is 0 Å². The number of rotatable bonds is 1. The van der Waals surface area contributed by atoms with Crippen LogP contribution in [0.15, 0.2) is 0 Å². The monoisotopic (exact) mass is 315 g/mol. The number of hydrogen-bond donors (Lipinski definition) is 0. The Labute approximate surface area is 76.4 Å². The third-order valence-electron chi connectivity index (χ3n) is 1.66. The molecule has 1 rings (SSSR count). The Morgan fingerprint density at radius 3 is 2.50 bits per heavy atom. The molecule has 0 saturated carbocycles. The fraction of sp³-hybridized carbons (Fsp3) is 1.00. The Balaban J connectivity index is 0.000000810. The van der Waals surface area contributed by atoms with Gasteiger partial charge < -0.3 is 10.1 Å². The molecule has 1 radical (unpaired) electrons. The molecular weight excluding hydrogens is 300 g/mol. The molecule has 1 fully saturated rings. The Morgan fingerprint density at radius 1 is 1.50 bits per heavy atom. The van der Waals surface area contributed by atoms with Gasteiger partial charge in [0, 0.05) is 33.6 Å². The molecule has 1 heterocycles. The van der Waals surface area contributed by atoms with Gasteiger partial charge >= 0.3 is 0 Å². The summed E-state index contributed by atoms with van der Waals surface area (Å²) in [5, 5.41) is 4.40. The van der Waals surface area contributed by atoms with E-state index in [0.29, 0.717) is 12.0 Å². The second-order valence-corrected chi connectivity index (χ2v) is 2.79. The molecule has 1 aliphatic rings. The van der Waals surface area contributed by atoms with Gasteiger partial charge in [-0.2, -0.15) is 0 Å². The molecule has 0 aromatic carbocycles. The second-order valence-electron chi connectivity index (χ2n) is 2.79. The topological polar surface area (TPSA) is 23.3 Å². The smallest absolute Gasteiger partial charge is 0.0307 e. The number of nitrogens with zero attached hydrogens (tertiary/aromatic N) is 1. The molecule has 1 atom stereocenters. The van der Waals surface area contributed by atoms with Crippen LogP contribution in [0, 0.1) is 5.92 Å². The first-order valence-electron chi connectivity index (χ1n) is 3.55. The van der Waals surface area contributed by atoms with Gasteiger partial charge in [-0.25, -0.2) is 0 Å². The minimum absolute atomic E-state index is 0. The third-order valence-corrected chi connectivity index (χ3v) is 1.66. The van der Waals surface area contributed by atoms with Gasteiger partial charge in [0.25, 0.3) is 0 Å². The molecule has 1 aliphatic heterocycles. The summed E-state index contributed by atoms with van der Waals surface area (Å²) in [4.78, 5) is 0. The quantitative estimate of drug-likeness (QED) is 0.718. The molecule has 1 saturated heterocycles. The molecule has 0 aromatic rings. The summed E-state index contributed by atoms with van der Waals surface area (Å²) < 4.78 is 5.25. The molecule has 2 nitrogen and oxygen atoms in total. The van der Waals surface area contributed by atoms with E-state index in [9.17, 15) is 0 Å². The summed E-state index contributed by atoms with van der Waals surface area (Å²) in [5.74, 6) is 0.644. The van der Waals surface area contributed by atoms with E-state index < -0.39 is 0 Å². The number of hydrogen-bond acceptors (Lipinski definition) is 1. The standard InChI is InChI=1S/C7H14NO.Re/c1-6(2)7-5-9-4-3-8-7;/h6-7H,3-5H2,1-2H3;/q-1;. The Hall–Kier alpha value is 0.582. The second kappa shape index (κ2) is 5.26. The van der Waals surface area contributed by atoms with Gasteiger partial charge in [0.15, 0.2) is 0 Å². The molecule has 0 bridgehead atoms. The van der Waals surface area contributed by atoms with Crippen molar-refractivity contribution in [2.45, 2.75) is 19.9 Å². The maximum atomic E-state index is 5.25. The maximum Gasteiger partial charge on any atom is 0.0307 e. The molecular formula is C7H14NORe-. The van der Waals surface area contributed by atoms with Crippen molar-refractivity contribution in [2.24, 2.45) is 5.92 Å². The average molecular weight is 314 g/mol. The summed E-state index contributed by atoms with van der Waals surface area (Å²) in [6.45, 7) is 6.91. The van der Waals surface area contributed by atoms with E-state index in [4.69, 9.17) is 4.74 Å². The Morgan fingerprint density at radius 2 is 2.20 bits per heavy atom. The van der Waals surface area contributed by atoms with Crippen LogP contribution in [0.25, 0.3) is 5.32 Å². The SMILES string of the molecule is CC(C)C1COCC[N-]1.[Re].